The SMILES string of the molecule is CCOc1ccc(OCCOCC[NH+]2CCC(C)CC2)cc1. The molecule has 1 saturated heterocycles. The van der Waals surface area contributed by atoms with E-state index < -0.39 is 0 Å². The average molecular weight is 308 g/mol. The van der Waals surface area contributed by atoms with Crippen LogP contribution in [0.1, 0.15) is 26.7 Å². The highest BCUT2D eigenvalue weighted by atomic mass is 16.5. The molecule has 4 nitrogen and oxygen atoms in total. The van der Waals surface area contributed by atoms with Crippen molar-refractivity contribution in [2.24, 2.45) is 5.92 Å². The molecule has 0 aliphatic carbocycles. The van der Waals surface area contributed by atoms with E-state index in [2.05, 4.69) is 6.92 Å². The standard InChI is InChI=1S/C18H29NO3/c1-3-21-17-4-6-18(7-5-17)22-15-14-20-13-12-19-10-8-16(2)9-11-19/h4-7,16H,3,8-15H2,1-2H3/p+1. The summed E-state index contributed by atoms with van der Waals surface area (Å²) >= 11 is 0. The number of ether oxygens (including phenoxy) is 3. The van der Waals surface area contributed by atoms with Crippen molar-refractivity contribution in [3.63, 3.8) is 0 Å². The minimum absolute atomic E-state index is 0.598. The van der Waals surface area contributed by atoms with Gasteiger partial charge in [0.15, 0.2) is 0 Å². The highest BCUT2D eigenvalue weighted by Crippen LogP contribution is 2.17. The Morgan fingerprint density at radius 2 is 1.59 bits per heavy atom. The normalized spacial score (nSPS) is 21.5. The van der Waals surface area contributed by atoms with Gasteiger partial charge in [0.05, 0.1) is 32.9 Å². The molecule has 0 amide bonds. The number of hydrogen-bond donors (Lipinski definition) is 1. The molecule has 1 fully saturated rings. The van der Waals surface area contributed by atoms with Crippen LogP contribution in [0, 0.1) is 5.92 Å². The Hall–Kier alpha value is -1.26. The molecule has 0 atom stereocenters. The molecule has 22 heavy (non-hydrogen) atoms. The smallest absolute Gasteiger partial charge is 0.119 e. The minimum Gasteiger partial charge on any atom is -0.494 e. The molecule has 0 radical (unpaired) electrons. The van der Waals surface area contributed by atoms with Crippen LogP contribution in [-0.4, -0.2) is 46.1 Å². The number of piperidine rings is 1. The molecule has 1 aromatic rings. The number of hydrogen-bond acceptors (Lipinski definition) is 3. The van der Waals surface area contributed by atoms with Crippen molar-refractivity contribution in [1.82, 2.24) is 0 Å². The van der Waals surface area contributed by atoms with Gasteiger partial charge in [0.2, 0.25) is 0 Å². The van der Waals surface area contributed by atoms with E-state index in [0.717, 1.165) is 30.6 Å². The van der Waals surface area contributed by atoms with Crippen LogP contribution in [0.15, 0.2) is 24.3 Å². The Morgan fingerprint density at radius 1 is 0.955 bits per heavy atom. The summed E-state index contributed by atoms with van der Waals surface area (Å²) in [5, 5.41) is 0. The molecule has 1 aromatic carbocycles. The summed E-state index contributed by atoms with van der Waals surface area (Å²) < 4.78 is 16.7. The van der Waals surface area contributed by atoms with Crippen molar-refractivity contribution < 1.29 is 19.1 Å². The number of rotatable bonds is 9. The first kappa shape index (κ1) is 17.1. The Labute approximate surface area is 134 Å². The molecule has 0 spiro atoms. The lowest BCUT2D eigenvalue weighted by molar-refractivity contribution is -0.906. The van der Waals surface area contributed by atoms with Crippen molar-refractivity contribution >= 4 is 0 Å². The lowest BCUT2D eigenvalue weighted by atomic mass is 9.99. The Kier molecular flexibility index (Phi) is 7.54. The fourth-order valence-corrected chi connectivity index (χ4v) is 2.76. The number of likely N-dealkylation sites (tertiary alicyclic amines) is 1. The van der Waals surface area contributed by atoms with Crippen LogP contribution in [0.5, 0.6) is 11.5 Å². The van der Waals surface area contributed by atoms with Gasteiger partial charge in [-0.25, -0.2) is 0 Å². The second-order valence-corrected chi connectivity index (χ2v) is 6.05. The molecular formula is C18H30NO3+. The van der Waals surface area contributed by atoms with Gasteiger partial charge in [-0.1, -0.05) is 6.92 Å². The third-order valence-electron chi connectivity index (χ3n) is 4.21. The van der Waals surface area contributed by atoms with Crippen LogP contribution in [0.4, 0.5) is 0 Å². The fourth-order valence-electron chi connectivity index (χ4n) is 2.76. The van der Waals surface area contributed by atoms with Gasteiger partial charge in [-0.15, -0.1) is 0 Å². The molecule has 0 unspecified atom stereocenters. The molecule has 1 N–H and O–H groups in total. The van der Waals surface area contributed by atoms with Crippen molar-refractivity contribution in [1.29, 1.82) is 0 Å². The van der Waals surface area contributed by atoms with Crippen LogP contribution >= 0.6 is 0 Å². The Balaban J connectivity index is 1.50. The predicted octanol–water partition coefficient (Wildman–Crippen LogP) is 1.80. The molecule has 1 aliphatic heterocycles. The van der Waals surface area contributed by atoms with Crippen LogP contribution in [0.2, 0.25) is 0 Å². The van der Waals surface area contributed by atoms with Crippen LogP contribution in [0.3, 0.4) is 0 Å². The van der Waals surface area contributed by atoms with Crippen molar-refractivity contribution in [2.45, 2.75) is 26.7 Å². The lowest BCUT2D eigenvalue weighted by Crippen LogP contribution is -3.13. The summed E-state index contributed by atoms with van der Waals surface area (Å²) in [4.78, 5) is 1.69. The van der Waals surface area contributed by atoms with Gasteiger partial charge in [-0.05, 0) is 49.9 Å². The van der Waals surface area contributed by atoms with E-state index in [-0.39, 0.29) is 0 Å². The third-order valence-corrected chi connectivity index (χ3v) is 4.21. The third kappa shape index (κ3) is 6.24. The Bertz CT molecular complexity index is 399. The number of quaternary nitrogens is 1. The summed E-state index contributed by atoms with van der Waals surface area (Å²) in [5.41, 5.74) is 0. The van der Waals surface area contributed by atoms with Gasteiger partial charge in [-0.3, -0.25) is 0 Å². The van der Waals surface area contributed by atoms with Gasteiger partial charge >= 0.3 is 0 Å². The first-order valence-electron chi connectivity index (χ1n) is 8.55. The van der Waals surface area contributed by atoms with Crippen molar-refractivity contribution in [3.8, 4) is 11.5 Å². The molecule has 1 heterocycles. The highest BCUT2D eigenvalue weighted by Gasteiger charge is 2.17. The first-order valence-corrected chi connectivity index (χ1v) is 8.55. The van der Waals surface area contributed by atoms with Gasteiger partial charge in [0.1, 0.15) is 24.7 Å². The first-order chi connectivity index (χ1) is 10.8. The van der Waals surface area contributed by atoms with Crippen molar-refractivity contribution in [2.75, 3.05) is 46.1 Å². The summed E-state index contributed by atoms with van der Waals surface area (Å²) in [7, 11) is 0. The zero-order valence-corrected chi connectivity index (χ0v) is 14.0. The zero-order valence-electron chi connectivity index (χ0n) is 14.0. The van der Waals surface area contributed by atoms with Gasteiger partial charge in [-0.2, -0.15) is 0 Å². The second kappa shape index (κ2) is 9.70. The minimum atomic E-state index is 0.598. The quantitative estimate of drug-likeness (QED) is 0.706. The average Bonchev–Trinajstić information content (AvgIpc) is 2.54. The predicted molar refractivity (Wildman–Crippen MR) is 87.9 cm³/mol. The molecule has 4 heteroatoms. The maximum atomic E-state index is 5.68. The largest absolute Gasteiger partial charge is 0.494 e. The van der Waals surface area contributed by atoms with Crippen LogP contribution < -0.4 is 14.4 Å². The molecular weight excluding hydrogens is 278 g/mol. The molecule has 0 aromatic heterocycles. The zero-order chi connectivity index (χ0) is 15.6. The maximum Gasteiger partial charge on any atom is 0.119 e. The van der Waals surface area contributed by atoms with E-state index in [9.17, 15) is 0 Å². The van der Waals surface area contributed by atoms with Crippen LogP contribution in [0.25, 0.3) is 0 Å². The summed E-state index contributed by atoms with van der Waals surface area (Å²) in [6, 6.07) is 7.73. The summed E-state index contributed by atoms with van der Waals surface area (Å²) in [5.74, 6) is 2.65. The van der Waals surface area contributed by atoms with Gasteiger partial charge in [0.25, 0.3) is 0 Å². The molecule has 0 bridgehead atoms. The maximum absolute atomic E-state index is 5.68. The molecule has 0 saturated carbocycles. The van der Waals surface area contributed by atoms with E-state index in [0.29, 0.717) is 19.8 Å². The van der Waals surface area contributed by atoms with E-state index in [1.807, 2.05) is 31.2 Å². The molecule has 124 valence electrons. The summed E-state index contributed by atoms with van der Waals surface area (Å²) in [6.07, 6.45) is 2.71. The highest BCUT2D eigenvalue weighted by molar-refractivity contribution is 5.31. The number of benzene rings is 1. The van der Waals surface area contributed by atoms with E-state index in [4.69, 9.17) is 14.2 Å². The number of nitrogens with one attached hydrogen (secondary N) is 1. The summed E-state index contributed by atoms with van der Waals surface area (Å²) in [6.45, 7) is 10.8. The monoisotopic (exact) mass is 308 g/mol. The van der Waals surface area contributed by atoms with E-state index in [1.54, 1.807) is 4.90 Å². The lowest BCUT2D eigenvalue weighted by Gasteiger charge is -2.27. The van der Waals surface area contributed by atoms with Crippen LogP contribution in [-0.2, 0) is 4.74 Å². The fraction of sp³-hybridized carbons (Fsp3) is 0.667. The molecule has 1 aliphatic rings. The van der Waals surface area contributed by atoms with E-state index >= 15 is 0 Å². The van der Waals surface area contributed by atoms with Crippen molar-refractivity contribution in [3.05, 3.63) is 24.3 Å². The molecule has 2 rings (SSSR count). The second-order valence-electron chi connectivity index (χ2n) is 6.05. The van der Waals surface area contributed by atoms with E-state index in [1.165, 1.54) is 25.9 Å². The van der Waals surface area contributed by atoms with Gasteiger partial charge < -0.3 is 19.1 Å². The Morgan fingerprint density at radius 3 is 2.23 bits per heavy atom. The topological polar surface area (TPSA) is 32.1 Å². The van der Waals surface area contributed by atoms with Gasteiger partial charge in [0, 0.05) is 0 Å².